The zero-order valence-corrected chi connectivity index (χ0v) is 15.5. The van der Waals surface area contributed by atoms with Crippen molar-refractivity contribution < 1.29 is 14.0 Å². The first-order chi connectivity index (χ1) is 13.7. The van der Waals surface area contributed by atoms with Gasteiger partial charge in [0.2, 0.25) is 11.8 Å². The molecule has 1 aliphatic heterocycles. The van der Waals surface area contributed by atoms with E-state index < -0.39 is 0 Å². The molecule has 1 aromatic heterocycles. The lowest BCUT2D eigenvalue weighted by molar-refractivity contribution is -0.121. The van der Waals surface area contributed by atoms with Crippen LogP contribution in [0.2, 0.25) is 0 Å². The first-order valence-electron chi connectivity index (χ1n) is 9.48. The van der Waals surface area contributed by atoms with Crippen molar-refractivity contribution in [1.29, 1.82) is 0 Å². The maximum absolute atomic E-state index is 12.7. The average molecular weight is 374 g/mol. The normalized spacial score (nSPS) is 14.9. The number of nitrogens with one attached hydrogen (secondary N) is 1. The van der Waals surface area contributed by atoms with Crippen molar-refractivity contribution in [2.75, 3.05) is 11.4 Å². The summed E-state index contributed by atoms with van der Waals surface area (Å²) in [4.78, 5) is 26.3. The molecule has 142 valence electrons. The van der Waals surface area contributed by atoms with Gasteiger partial charge in [-0.25, -0.2) is 0 Å². The van der Waals surface area contributed by atoms with Crippen LogP contribution in [-0.2, 0) is 16.0 Å². The molecule has 28 heavy (non-hydrogen) atoms. The van der Waals surface area contributed by atoms with Crippen molar-refractivity contribution in [3.8, 4) is 0 Å². The van der Waals surface area contributed by atoms with E-state index >= 15 is 0 Å². The highest BCUT2D eigenvalue weighted by Gasteiger charge is 2.22. The first kappa shape index (κ1) is 18.0. The number of hydrogen-bond donors (Lipinski definition) is 1. The number of rotatable bonds is 6. The van der Waals surface area contributed by atoms with E-state index in [1.807, 2.05) is 66.7 Å². The van der Waals surface area contributed by atoms with E-state index in [-0.39, 0.29) is 24.3 Å². The highest BCUT2D eigenvalue weighted by atomic mass is 16.3. The SMILES string of the molecule is O=C(Cc1ccc(N2CCCC2=O)cc1)NC(c1ccccc1)c1ccco1. The lowest BCUT2D eigenvalue weighted by Gasteiger charge is -2.18. The number of hydrogen-bond acceptors (Lipinski definition) is 3. The fourth-order valence-corrected chi connectivity index (χ4v) is 3.53. The van der Waals surface area contributed by atoms with Gasteiger partial charge in [0.05, 0.1) is 12.7 Å². The van der Waals surface area contributed by atoms with E-state index in [0.29, 0.717) is 12.2 Å². The third-order valence-corrected chi connectivity index (χ3v) is 4.95. The van der Waals surface area contributed by atoms with E-state index in [4.69, 9.17) is 4.42 Å². The van der Waals surface area contributed by atoms with Gasteiger partial charge in [-0.1, -0.05) is 42.5 Å². The van der Waals surface area contributed by atoms with Crippen LogP contribution in [0.3, 0.4) is 0 Å². The van der Waals surface area contributed by atoms with E-state index in [1.165, 1.54) is 0 Å². The third kappa shape index (κ3) is 3.98. The molecule has 2 aromatic carbocycles. The van der Waals surface area contributed by atoms with E-state index in [9.17, 15) is 9.59 Å². The fourth-order valence-electron chi connectivity index (χ4n) is 3.53. The van der Waals surface area contributed by atoms with Gasteiger partial charge in [0, 0.05) is 18.7 Å². The summed E-state index contributed by atoms with van der Waals surface area (Å²) in [5.74, 6) is 0.771. The summed E-state index contributed by atoms with van der Waals surface area (Å²) in [5.41, 5.74) is 2.76. The van der Waals surface area contributed by atoms with Gasteiger partial charge < -0.3 is 14.6 Å². The Hall–Kier alpha value is -3.34. The van der Waals surface area contributed by atoms with Gasteiger partial charge in [-0.3, -0.25) is 9.59 Å². The second-order valence-electron chi connectivity index (χ2n) is 6.92. The van der Waals surface area contributed by atoms with E-state index in [2.05, 4.69) is 5.32 Å². The molecule has 5 heteroatoms. The van der Waals surface area contributed by atoms with E-state index in [0.717, 1.165) is 29.8 Å². The van der Waals surface area contributed by atoms with Crippen molar-refractivity contribution >= 4 is 17.5 Å². The molecule has 0 radical (unpaired) electrons. The second kappa shape index (κ2) is 8.13. The number of benzene rings is 2. The van der Waals surface area contributed by atoms with Crippen LogP contribution in [0.15, 0.2) is 77.4 Å². The van der Waals surface area contributed by atoms with Crippen molar-refractivity contribution in [1.82, 2.24) is 5.32 Å². The highest BCUT2D eigenvalue weighted by molar-refractivity contribution is 5.95. The van der Waals surface area contributed by atoms with Crippen LogP contribution < -0.4 is 10.2 Å². The van der Waals surface area contributed by atoms with E-state index in [1.54, 1.807) is 11.2 Å². The summed E-state index contributed by atoms with van der Waals surface area (Å²) in [7, 11) is 0. The van der Waals surface area contributed by atoms with Crippen molar-refractivity contribution in [2.45, 2.75) is 25.3 Å². The van der Waals surface area contributed by atoms with Crippen molar-refractivity contribution in [3.63, 3.8) is 0 Å². The van der Waals surface area contributed by atoms with Gasteiger partial charge in [0.25, 0.3) is 0 Å². The topological polar surface area (TPSA) is 62.6 Å². The quantitative estimate of drug-likeness (QED) is 0.713. The molecule has 0 aliphatic carbocycles. The van der Waals surface area contributed by atoms with Gasteiger partial charge >= 0.3 is 0 Å². The molecular weight excluding hydrogens is 352 g/mol. The molecule has 1 fully saturated rings. The molecule has 0 spiro atoms. The summed E-state index contributed by atoms with van der Waals surface area (Å²) >= 11 is 0. The standard InChI is InChI=1S/C23H22N2O3/c26-21(16-17-10-12-19(13-11-17)25-14-4-9-22(25)27)24-23(20-8-5-15-28-20)18-6-2-1-3-7-18/h1-3,5-8,10-13,15,23H,4,9,14,16H2,(H,24,26). The maximum Gasteiger partial charge on any atom is 0.227 e. The number of carbonyl (C=O) groups excluding carboxylic acids is 2. The summed E-state index contributed by atoms with van der Waals surface area (Å²) in [6, 6.07) is 20.7. The Morgan fingerprint density at radius 1 is 1.04 bits per heavy atom. The Morgan fingerprint density at radius 2 is 1.82 bits per heavy atom. The Balaban J connectivity index is 1.44. The zero-order chi connectivity index (χ0) is 19.3. The molecular formula is C23H22N2O3. The minimum atomic E-state index is -0.329. The van der Waals surface area contributed by atoms with Crippen LogP contribution in [0.1, 0.15) is 35.8 Å². The van der Waals surface area contributed by atoms with Crippen LogP contribution in [0.25, 0.3) is 0 Å². The molecule has 0 bridgehead atoms. The second-order valence-corrected chi connectivity index (χ2v) is 6.92. The lowest BCUT2D eigenvalue weighted by atomic mass is 10.0. The van der Waals surface area contributed by atoms with Crippen LogP contribution in [0.5, 0.6) is 0 Å². The van der Waals surface area contributed by atoms with Gasteiger partial charge in [-0.2, -0.15) is 0 Å². The Bertz CT molecular complexity index is 934. The molecule has 5 nitrogen and oxygen atoms in total. The molecule has 0 saturated carbocycles. The number of furan rings is 1. The molecule has 1 saturated heterocycles. The third-order valence-electron chi connectivity index (χ3n) is 4.95. The smallest absolute Gasteiger partial charge is 0.227 e. The molecule has 4 rings (SSSR count). The summed E-state index contributed by atoms with van der Waals surface area (Å²) in [5, 5.41) is 3.06. The van der Waals surface area contributed by atoms with Gasteiger partial charge in [-0.15, -0.1) is 0 Å². The largest absolute Gasteiger partial charge is 0.467 e. The van der Waals surface area contributed by atoms with Crippen molar-refractivity contribution in [3.05, 3.63) is 89.9 Å². The van der Waals surface area contributed by atoms with Gasteiger partial charge in [0.1, 0.15) is 11.8 Å². The van der Waals surface area contributed by atoms with Crippen LogP contribution in [-0.4, -0.2) is 18.4 Å². The average Bonchev–Trinajstić information content (AvgIpc) is 3.39. The number of nitrogens with zero attached hydrogens (tertiary/aromatic N) is 1. The molecule has 2 amide bonds. The predicted molar refractivity (Wildman–Crippen MR) is 107 cm³/mol. The Kier molecular flexibility index (Phi) is 5.24. The zero-order valence-electron chi connectivity index (χ0n) is 15.5. The first-order valence-corrected chi connectivity index (χ1v) is 9.48. The monoisotopic (exact) mass is 374 g/mol. The van der Waals surface area contributed by atoms with Crippen LogP contribution in [0.4, 0.5) is 5.69 Å². The minimum Gasteiger partial charge on any atom is -0.467 e. The summed E-state index contributed by atoms with van der Waals surface area (Å²) in [6.45, 7) is 0.764. The lowest BCUT2D eigenvalue weighted by Crippen LogP contribution is -2.30. The molecule has 2 heterocycles. The molecule has 1 N–H and O–H groups in total. The van der Waals surface area contributed by atoms with Crippen LogP contribution >= 0.6 is 0 Å². The summed E-state index contributed by atoms with van der Waals surface area (Å²) < 4.78 is 5.53. The summed E-state index contributed by atoms with van der Waals surface area (Å²) in [6.07, 6.45) is 3.38. The highest BCUT2D eigenvalue weighted by Crippen LogP contribution is 2.24. The number of carbonyl (C=O) groups is 2. The van der Waals surface area contributed by atoms with Crippen LogP contribution in [0, 0.1) is 0 Å². The predicted octanol–water partition coefficient (Wildman–Crippen LogP) is 3.85. The molecule has 1 aliphatic rings. The number of amides is 2. The Labute approximate surface area is 164 Å². The van der Waals surface area contributed by atoms with Gasteiger partial charge in [0.15, 0.2) is 0 Å². The molecule has 1 unspecified atom stereocenters. The molecule has 3 aromatic rings. The van der Waals surface area contributed by atoms with Gasteiger partial charge in [-0.05, 0) is 41.8 Å². The number of anilines is 1. The molecule has 1 atom stereocenters. The van der Waals surface area contributed by atoms with Crippen molar-refractivity contribution in [2.24, 2.45) is 0 Å². The maximum atomic E-state index is 12.7. The Morgan fingerprint density at radius 3 is 2.46 bits per heavy atom. The fraction of sp³-hybridized carbons (Fsp3) is 0.217. The minimum absolute atomic E-state index is 0.0877.